The minimum atomic E-state index is -3.38. The molecule has 0 atom stereocenters. The quantitative estimate of drug-likeness (QED) is 0.367. The van der Waals surface area contributed by atoms with Crippen LogP contribution in [0.1, 0.15) is 12.0 Å². The van der Waals surface area contributed by atoms with Gasteiger partial charge in [-0.25, -0.2) is 8.42 Å². The van der Waals surface area contributed by atoms with Gasteiger partial charge in [0.2, 0.25) is 15.8 Å². The molecule has 1 saturated heterocycles. The standard InChI is InChI=1S/C22H21N5O5S/c1-33(30,31)25-15-22(16-25,10-11-23)26-13-18(12-24-26)19-8-5-9-20(27(28)29)21(19)32-14-17-6-3-2-4-7-17/h2-9,12-13H,10,14-16H2,1H3. The number of nitro benzene ring substituents is 1. The SMILES string of the molecule is CS(=O)(=O)N1CC(CC#N)(n2cc(-c3cccc([N+](=O)[O-])c3OCc3ccccc3)cn2)C1. The van der Waals surface area contributed by atoms with E-state index in [4.69, 9.17) is 4.74 Å². The van der Waals surface area contributed by atoms with Gasteiger partial charge in [0.1, 0.15) is 12.1 Å². The molecule has 2 heterocycles. The zero-order valence-electron chi connectivity index (χ0n) is 17.8. The minimum absolute atomic E-state index is 0.0758. The predicted molar refractivity (Wildman–Crippen MR) is 120 cm³/mol. The fraction of sp³-hybridized carbons (Fsp3) is 0.273. The summed E-state index contributed by atoms with van der Waals surface area (Å²) in [6.07, 6.45) is 4.41. The van der Waals surface area contributed by atoms with Gasteiger partial charge in [-0.3, -0.25) is 14.8 Å². The summed E-state index contributed by atoms with van der Waals surface area (Å²) in [5.74, 6) is 0.117. The van der Waals surface area contributed by atoms with Gasteiger partial charge in [0.25, 0.3) is 0 Å². The highest BCUT2D eigenvalue weighted by Gasteiger charge is 2.49. The molecule has 1 aliphatic heterocycles. The topological polar surface area (TPSA) is 131 Å². The van der Waals surface area contributed by atoms with Crippen molar-refractivity contribution < 1.29 is 18.1 Å². The van der Waals surface area contributed by atoms with Crippen molar-refractivity contribution in [2.24, 2.45) is 0 Å². The molecule has 170 valence electrons. The normalized spacial score (nSPS) is 15.4. The van der Waals surface area contributed by atoms with Crippen LogP contribution in [0.2, 0.25) is 0 Å². The monoisotopic (exact) mass is 467 g/mol. The van der Waals surface area contributed by atoms with Crippen LogP contribution in [0.25, 0.3) is 11.1 Å². The number of para-hydroxylation sites is 1. The summed E-state index contributed by atoms with van der Waals surface area (Å²) in [5, 5.41) is 25.3. The first kappa shape index (κ1) is 22.4. The summed E-state index contributed by atoms with van der Waals surface area (Å²) in [5.41, 5.74) is 0.951. The van der Waals surface area contributed by atoms with E-state index < -0.39 is 20.5 Å². The number of nitro groups is 1. The van der Waals surface area contributed by atoms with Crippen molar-refractivity contribution in [1.82, 2.24) is 14.1 Å². The molecule has 1 aliphatic rings. The van der Waals surface area contributed by atoms with Gasteiger partial charge in [-0.2, -0.15) is 14.7 Å². The molecule has 11 heteroatoms. The fourth-order valence-corrected chi connectivity index (χ4v) is 4.78. The van der Waals surface area contributed by atoms with Gasteiger partial charge in [-0.1, -0.05) is 42.5 Å². The predicted octanol–water partition coefficient (Wildman–Crippen LogP) is 2.92. The second kappa shape index (κ2) is 8.65. The second-order valence-corrected chi connectivity index (χ2v) is 9.93. The summed E-state index contributed by atoms with van der Waals surface area (Å²) in [6, 6.07) is 16.1. The van der Waals surface area contributed by atoms with Crippen LogP contribution < -0.4 is 4.74 Å². The van der Waals surface area contributed by atoms with Gasteiger partial charge in [0.05, 0.1) is 29.9 Å². The Balaban J connectivity index is 1.68. The van der Waals surface area contributed by atoms with E-state index in [0.717, 1.165) is 11.8 Å². The molecule has 3 aromatic rings. The van der Waals surface area contributed by atoms with Crippen molar-refractivity contribution in [3.63, 3.8) is 0 Å². The Bertz CT molecular complexity index is 1320. The number of hydrogen-bond acceptors (Lipinski definition) is 7. The Hall–Kier alpha value is -3.75. The summed E-state index contributed by atoms with van der Waals surface area (Å²) in [4.78, 5) is 11.2. The Morgan fingerprint density at radius 2 is 1.94 bits per heavy atom. The summed E-state index contributed by atoms with van der Waals surface area (Å²) in [6.45, 7) is 0.411. The van der Waals surface area contributed by atoms with E-state index in [1.165, 1.54) is 16.6 Å². The number of benzene rings is 2. The highest BCUT2D eigenvalue weighted by atomic mass is 32.2. The number of sulfonamides is 1. The van der Waals surface area contributed by atoms with Crippen LogP contribution in [0.15, 0.2) is 60.9 Å². The van der Waals surface area contributed by atoms with Gasteiger partial charge in [0.15, 0.2) is 0 Å². The molecule has 4 rings (SSSR count). The average Bonchev–Trinajstić information content (AvgIpc) is 3.24. The van der Waals surface area contributed by atoms with Crippen molar-refractivity contribution in [2.75, 3.05) is 19.3 Å². The molecule has 0 spiro atoms. The maximum atomic E-state index is 11.8. The number of nitriles is 1. The van der Waals surface area contributed by atoms with Crippen molar-refractivity contribution >= 4 is 15.7 Å². The summed E-state index contributed by atoms with van der Waals surface area (Å²) in [7, 11) is -3.38. The molecule has 1 fully saturated rings. The summed E-state index contributed by atoms with van der Waals surface area (Å²) < 4.78 is 32.4. The first-order valence-corrected chi connectivity index (χ1v) is 11.9. The van der Waals surface area contributed by atoms with E-state index in [1.54, 1.807) is 23.0 Å². The molecule has 10 nitrogen and oxygen atoms in total. The molecule has 2 aromatic carbocycles. The smallest absolute Gasteiger partial charge is 0.311 e. The fourth-order valence-electron chi connectivity index (χ4n) is 3.83. The Morgan fingerprint density at radius 3 is 2.58 bits per heavy atom. The Labute approximate surface area is 190 Å². The number of rotatable bonds is 8. The van der Waals surface area contributed by atoms with E-state index >= 15 is 0 Å². The van der Waals surface area contributed by atoms with Gasteiger partial charge >= 0.3 is 5.69 Å². The number of nitrogens with zero attached hydrogens (tertiary/aromatic N) is 5. The van der Waals surface area contributed by atoms with E-state index in [1.807, 2.05) is 30.3 Å². The molecule has 0 bridgehead atoms. The van der Waals surface area contributed by atoms with Crippen molar-refractivity contribution in [3.8, 4) is 22.9 Å². The molecule has 0 aliphatic carbocycles. The van der Waals surface area contributed by atoms with Crippen molar-refractivity contribution in [1.29, 1.82) is 5.26 Å². The molecule has 0 N–H and O–H groups in total. The van der Waals surface area contributed by atoms with E-state index in [-0.39, 0.29) is 37.6 Å². The number of ether oxygens (including phenoxy) is 1. The van der Waals surface area contributed by atoms with Crippen LogP contribution in [0.3, 0.4) is 0 Å². The van der Waals surface area contributed by atoms with Crippen LogP contribution in [0.4, 0.5) is 5.69 Å². The molecule has 0 radical (unpaired) electrons. The summed E-state index contributed by atoms with van der Waals surface area (Å²) >= 11 is 0. The minimum Gasteiger partial charge on any atom is -0.482 e. The highest BCUT2D eigenvalue weighted by Crippen LogP contribution is 2.40. The first-order valence-electron chi connectivity index (χ1n) is 10.1. The molecule has 0 saturated carbocycles. The third-order valence-corrected chi connectivity index (χ3v) is 6.81. The first-order chi connectivity index (χ1) is 15.7. The molecule has 33 heavy (non-hydrogen) atoms. The molecular formula is C22H21N5O5S. The lowest BCUT2D eigenvalue weighted by Crippen LogP contribution is -2.63. The molecule has 1 aromatic heterocycles. The van der Waals surface area contributed by atoms with Crippen LogP contribution in [-0.2, 0) is 22.2 Å². The van der Waals surface area contributed by atoms with Gasteiger partial charge in [-0.05, 0) is 5.56 Å². The maximum absolute atomic E-state index is 11.8. The van der Waals surface area contributed by atoms with Gasteiger partial charge in [-0.15, -0.1) is 0 Å². The largest absolute Gasteiger partial charge is 0.482 e. The van der Waals surface area contributed by atoms with Crippen LogP contribution in [-0.4, -0.2) is 46.8 Å². The van der Waals surface area contributed by atoms with Gasteiger partial charge in [0, 0.05) is 36.5 Å². The van der Waals surface area contributed by atoms with Crippen molar-refractivity contribution in [3.05, 3.63) is 76.6 Å². The lowest BCUT2D eigenvalue weighted by atomic mass is 9.89. The lowest BCUT2D eigenvalue weighted by molar-refractivity contribution is -0.385. The lowest BCUT2D eigenvalue weighted by Gasteiger charge is -2.47. The zero-order valence-corrected chi connectivity index (χ0v) is 18.6. The Kier molecular flexibility index (Phi) is 5.88. The third kappa shape index (κ3) is 4.44. The zero-order chi connectivity index (χ0) is 23.6. The van der Waals surface area contributed by atoms with Gasteiger partial charge < -0.3 is 4.74 Å². The molecule has 0 unspecified atom stereocenters. The molecule has 0 amide bonds. The van der Waals surface area contributed by atoms with Crippen molar-refractivity contribution in [2.45, 2.75) is 18.6 Å². The van der Waals surface area contributed by atoms with E-state index in [9.17, 15) is 23.8 Å². The van der Waals surface area contributed by atoms with Crippen LogP contribution >= 0.6 is 0 Å². The van der Waals surface area contributed by atoms with E-state index in [2.05, 4.69) is 11.2 Å². The molecular weight excluding hydrogens is 446 g/mol. The van der Waals surface area contributed by atoms with E-state index in [0.29, 0.717) is 11.1 Å². The average molecular weight is 468 g/mol. The second-order valence-electron chi connectivity index (χ2n) is 7.95. The van der Waals surface area contributed by atoms with Crippen LogP contribution in [0, 0.1) is 21.4 Å². The maximum Gasteiger partial charge on any atom is 0.311 e. The third-order valence-electron chi connectivity index (χ3n) is 5.62. The van der Waals surface area contributed by atoms with Crippen LogP contribution in [0.5, 0.6) is 5.75 Å². The Morgan fingerprint density at radius 1 is 1.21 bits per heavy atom. The number of aromatic nitrogens is 2. The number of hydrogen-bond donors (Lipinski definition) is 0. The highest BCUT2D eigenvalue weighted by molar-refractivity contribution is 7.88.